The number of unbranched alkanes of at least 4 members (excludes halogenated alkanes) is 2. The van der Waals surface area contributed by atoms with Crippen molar-refractivity contribution >= 4 is 96.8 Å². The molecule has 0 bridgehead atoms. The Morgan fingerprint density at radius 2 is 1.69 bits per heavy atom. The zero-order chi connectivity index (χ0) is 41.6. The number of benzene rings is 3. The monoisotopic (exact) mass is 856 g/mol. The predicted octanol–water partition coefficient (Wildman–Crippen LogP) is 5.83. The summed E-state index contributed by atoms with van der Waals surface area (Å²) in [6.07, 6.45) is 2.08. The standard InChI is InChI=1S/C40H40N8O8S3/c1-47(2)26-13-11-25(12-14-26)46-45-24-9-7-22(8-10-24)34(50)41-17-5-3-4-6-31(49)44-32-37(51)48-33(40(54)55)23(20-58-38(32)48)19-56-27-15-16-28-30(18-27)59-36(42-28)35-43-29(21-57-35)39(52)53/h7-16,18,29,32,38H,3-6,17,19-21H2,1-2H3,(H,41,50)(H,44,49)(H,52,53)(H,54,55). The number of nitrogens with one attached hydrogen (secondary N) is 2. The number of aliphatic carboxylic acids is 2. The molecule has 59 heavy (non-hydrogen) atoms. The fourth-order valence-corrected chi connectivity index (χ4v) is 9.84. The third-order valence-electron chi connectivity index (χ3n) is 9.60. The van der Waals surface area contributed by atoms with Gasteiger partial charge in [0.2, 0.25) is 5.91 Å². The normalized spacial score (nSPS) is 18.7. The van der Waals surface area contributed by atoms with E-state index in [0.29, 0.717) is 75.5 Å². The minimum Gasteiger partial charge on any atom is -0.489 e. The zero-order valence-electron chi connectivity index (χ0n) is 32.0. The Bertz CT molecular complexity index is 2360. The lowest BCUT2D eigenvalue weighted by Gasteiger charge is -2.49. The summed E-state index contributed by atoms with van der Waals surface area (Å²) >= 11 is 4.08. The van der Waals surface area contributed by atoms with E-state index in [1.807, 2.05) is 43.3 Å². The fourth-order valence-electron chi connectivity index (χ4n) is 6.42. The Labute approximate surface area is 351 Å². The second-order valence-electron chi connectivity index (χ2n) is 14.0. The van der Waals surface area contributed by atoms with E-state index >= 15 is 0 Å². The molecule has 19 heteroatoms. The Hall–Kier alpha value is -5.79. The number of anilines is 1. The highest BCUT2D eigenvalue weighted by Crippen LogP contribution is 2.41. The molecule has 3 atom stereocenters. The lowest BCUT2D eigenvalue weighted by molar-refractivity contribution is -0.150. The molecular weight excluding hydrogens is 817 g/mol. The van der Waals surface area contributed by atoms with Gasteiger partial charge in [-0.3, -0.25) is 24.3 Å². The van der Waals surface area contributed by atoms with Crippen LogP contribution in [0.1, 0.15) is 41.0 Å². The molecule has 4 N–H and O–H groups in total. The molecule has 16 nitrogen and oxygen atoms in total. The Kier molecular flexibility index (Phi) is 12.9. The summed E-state index contributed by atoms with van der Waals surface area (Å²) in [5.74, 6) is -2.09. The molecule has 0 spiro atoms. The molecular formula is C40H40N8O8S3. The largest absolute Gasteiger partial charge is 0.489 e. The predicted molar refractivity (Wildman–Crippen MR) is 227 cm³/mol. The van der Waals surface area contributed by atoms with E-state index < -0.39 is 35.3 Å². The molecule has 0 aliphatic carbocycles. The van der Waals surface area contributed by atoms with Crippen molar-refractivity contribution in [1.29, 1.82) is 0 Å². The molecule has 3 aliphatic rings. The van der Waals surface area contributed by atoms with Gasteiger partial charge in [-0.2, -0.15) is 10.2 Å². The lowest BCUT2D eigenvalue weighted by atomic mass is 10.0. The number of aliphatic imine (C=N–C) groups is 1. The summed E-state index contributed by atoms with van der Waals surface area (Å²) in [5.41, 5.74) is 3.91. The van der Waals surface area contributed by atoms with Crippen LogP contribution in [0.3, 0.4) is 0 Å². The van der Waals surface area contributed by atoms with Crippen molar-refractivity contribution < 1.29 is 38.9 Å². The Morgan fingerprint density at radius 3 is 2.37 bits per heavy atom. The first-order chi connectivity index (χ1) is 28.4. The van der Waals surface area contributed by atoms with E-state index in [-0.39, 0.29) is 30.5 Å². The summed E-state index contributed by atoms with van der Waals surface area (Å²) in [7, 11) is 3.93. The van der Waals surface area contributed by atoms with Crippen molar-refractivity contribution in [3.63, 3.8) is 0 Å². The van der Waals surface area contributed by atoms with Crippen molar-refractivity contribution in [2.75, 3.05) is 43.7 Å². The second-order valence-corrected chi connectivity index (χ2v) is 17.1. The summed E-state index contributed by atoms with van der Waals surface area (Å²) in [4.78, 5) is 74.3. The number of thioether (sulfide) groups is 2. The number of fused-ring (bicyclic) bond motifs is 2. The van der Waals surface area contributed by atoms with Crippen molar-refractivity contribution in [3.8, 4) is 5.75 Å². The van der Waals surface area contributed by atoms with Crippen molar-refractivity contribution in [2.45, 2.75) is 43.1 Å². The molecule has 3 unspecified atom stereocenters. The van der Waals surface area contributed by atoms with Crippen molar-refractivity contribution in [1.82, 2.24) is 20.5 Å². The molecule has 1 fully saturated rings. The molecule has 3 aromatic carbocycles. The van der Waals surface area contributed by atoms with Crippen LogP contribution in [-0.2, 0) is 19.2 Å². The van der Waals surface area contributed by atoms with Crippen LogP contribution in [0.15, 0.2) is 93.2 Å². The van der Waals surface area contributed by atoms with Gasteiger partial charge >= 0.3 is 11.9 Å². The molecule has 1 saturated heterocycles. The summed E-state index contributed by atoms with van der Waals surface area (Å²) in [5, 5.41) is 34.2. The maximum absolute atomic E-state index is 13.2. The zero-order valence-corrected chi connectivity index (χ0v) is 34.4. The van der Waals surface area contributed by atoms with Crippen LogP contribution in [0.2, 0.25) is 0 Å². The number of ether oxygens (including phenoxy) is 1. The number of amides is 3. The number of thiazole rings is 1. The number of aromatic nitrogens is 1. The number of carbonyl (C=O) groups is 5. The second kappa shape index (κ2) is 18.4. The average Bonchev–Trinajstić information content (AvgIpc) is 3.90. The first kappa shape index (κ1) is 41.4. The minimum absolute atomic E-state index is 0.0602. The van der Waals surface area contributed by atoms with Crippen LogP contribution in [0.25, 0.3) is 10.2 Å². The first-order valence-corrected chi connectivity index (χ1v) is 21.5. The van der Waals surface area contributed by atoms with Gasteiger partial charge in [0, 0.05) is 55.4 Å². The van der Waals surface area contributed by atoms with Gasteiger partial charge in [-0.05, 0) is 79.6 Å². The number of hydrogen-bond donors (Lipinski definition) is 4. The molecule has 4 heterocycles. The van der Waals surface area contributed by atoms with Gasteiger partial charge in [0.05, 0.1) is 21.6 Å². The van der Waals surface area contributed by atoms with Crippen LogP contribution in [0.5, 0.6) is 5.75 Å². The number of nitrogens with zero attached hydrogens (tertiary/aromatic N) is 6. The molecule has 3 amide bonds. The maximum atomic E-state index is 13.2. The number of carboxylic acid groups (broad SMARTS) is 2. The fraction of sp³-hybridized carbons (Fsp3) is 0.325. The number of β-lactam (4-membered cyclic amide) rings is 1. The number of carbonyl (C=O) groups excluding carboxylic acids is 3. The van der Waals surface area contributed by atoms with Crippen molar-refractivity contribution in [2.24, 2.45) is 15.2 Å². The highest BCUT2D eigenvalue weighted by atomic mass is 32.2. The number of carboxylic acids is 2. The summed E-state index contributed by atoms with van der Waals surface area (Å²) in [6, 6.07) is 18.2. The van der Waals surface area contributed by atoms with Crippen LogP contribution >= 0.6 is 34.9 Å². The molecule has 0 saturated carbocycles. The quantitative estimate of drug-likeness (QED) is 0.0561. The van der Waals surface area contributed by atoms with Gasteiger partial charge in [0.1, 0.15) is 39.5 Å². The van der Waals surface area contributed by atoms with Crippen LogP contribution in [-0.4, -0.2) is 111 Å². The third kappa shape index (κ3) is 9.75. The molecule has 1 aromatic heterocycles. The maximum Gasteiger partial charge on any atom is 0.352 e. The average molecular weight is 857 g/mol. The van der Waals surface area contributed by atoms with Crippen LogP contribution in [0.4, 0.5) is 17.1 Å². The van der Waals surface area contributed by atoms with E-state index in [2.05, 4.69) is 30.8 Å². The van der Waals surface area contributed by atoms with Gasteiger partial charge in [-0.25, -0.2) is 14.6 Å². The minimum atomic E-state index is -1.25. The van der Waals surface area contributed by atoms with E-state index in [4.69, 9.17) is 4.74 Å². The van der Waals surface area contributed by atoms with Crippen LogP contribution < -0.4 is 20.3 Å². The smallest absolute Gasteiger partial charge is 0.352 e. The molecule has 306 valence electrons. The van der Waals surface area contributed by atoms with E-state index in [9.17, 15) is 34.2 Å². The highest BCUT2D eigenvalue weighted by molar-refractivity contribution is 8.15. The molecule has 0 radical (unpaired) electrons. The number of azo groups is 1. The molecule has 3 aliphatic heterocycles. The van der Waals surface area contributed by atoms with Gasteiger partial charge in [-0.1, -0.05) is 6.42 Å². The van der Waals surface area contributed by atoms with Gasteiger partial charge < -0.3 is 30.5 Å². The van der Waals surface area contributed by atoms with Crippen molar-refractivity contribution in [3.05, 3.63) is 88.6 Å². The number of hydrogen-bond acceptors (Lipinski definition) is 14. The SMILES string of the molecule is CN(C)c1ccc(N=Nc2ccc(C(=O)NCCCCCC(=O)NC3C(=O)N4C(C(=O)O)=C(COc5ccc6nc(C7=NC(C(=O)O)CS7)sc6c5)CSC34)cc2)cc1. The molecule has 4 aromatic rings. The Morgan fingerprint density at radius 1 is 0.966 bits per heavy atom. The lowest BCUT2D eigenvalue weighted by Crippen LogP contribution is -2.70. The third-order valence-corrected chi connectivity index (χ3v) is 13.1. The van der Waals surface area contributed by atoms with Gasteiger partial charge in [0.15, 0.2) is 6.04 Å². The number of rotatable bonds is 17. The topological polar surface area (TPSA) is 216 Å². The van der Waals surface area contributed by atoms with E-state index in [1.165, 1.54) is 39.8 Å². The first-order valence-electron chi connectivity index (χ1n) is 18.7. The van der Waals surface area contributed by atoms with E-state index in [1.54, 1.807) is 42.5 Å². The highest BCUT2D eigenvalue weighted by Gasteiger charge is 2.54. The Balaban J connectivity index is 0.823. The van der Waals surface area contributed by atoms with Gasteiger partial charge in [-0.15, -0.1) is 34.9 Å². The summed E-state index contributed by atoms with van der Waals surface area (Å²) < 4.78 is 6.78. The van der Waals surface area contributed by atoms with Gasteiger partial charge in [0.25, 0.3) is 11.8 Å². The van der Waals surface area contributed by atoms with E-state index in [0.717, 1.165) is 16.1 Å². The van der Waals surface area contributed by atoms with Crippen LogP contribution in [0, 0.1) is 0 Å². The molecule has 7 rings (SSSR count). The summed E-state index contributed by atoms with van der Waals surface area (Å²) in [6.45, 7) is 0.373.